The summed E-state index contributed by atoms with van der Waals surface area (Å²) in [6.07, 6.45) is 2.42. The molecule has 0 saturated carbocycles. The maximum Gasteiger partial charge on any atom is 0.275 e. The lowest BCUT2D eigenvalue weighted by Crippen LogP contribution is -2.30. The minimum absolute atomic E-state index is 0.0693. The summed E-state index contributed by atoms with van der Waals surface area (Å²) in [5.74, 6) is 0.110. The molecule has 1 amide bonds. The van der Waals surface area contributed by atoms with Crippen molar-refractivity contribution in [1.82, 2.24) is 14.5 Å². The summed E-state index contributed by atoms with van der Waals surface area (Å²) in [7, 11) is 1.88. The maximum absolute atomic E-state index is 13.3. The van der Waals surface area contributed by atoms with E-state index in [1.807, 2.05) is 60.1 Å². The van der Waals surface area contributed by atoms with Crippen LogP contribution in [0.4, 0.5) is 0 Å². The molecule has 4 rings (SSSR count). The normalized spacial score (nSPS) is 11.5. The van der Waals surface area contributed by atoms with Gasteiger partial charge in [0.15, 0.2) is 0 Å². The molecule has 2 aromatic carbocycles. The topological polar surface area (TPSA) is 56.0 Å². The highest BCUT2D eigenvalue weighted by Crippen LogP contribution is 2.29. The predicted octanol–water partition coefficient (Wildman–Crippen LogP) is 4.78. The smallest absolute Gasteiger partial charge is 0.275 e. The van der Waals surface area contributed by atoms with E-state index in [1.54, 1.807) is 10.8 Å². The molecule has 1 N–H and O–H groups in total. The van der Waals surface area contributed by atoms with E-state index < -0.39 is 0 Å². The predicted molar refractivity (Wildman–Crippen MR) is 127 cm³/mol. The Morgan fingerprint density at radius 1 is 1.10 bits per heavy atom. The average molecular weight is 436 g/mol. The van der Waals surface area contributed by atoms with E-state index >= 15 is 0 Å². The number of aromatic nitrogens is 2. The van der Waals surface area contributed by atoms with Crippen molar-refractivity contribution >= 4 is 39.3 Å². The Labute approximate surface area is 186 Å². The second-order valence-electron chi connectivity index (χ2n) is 8.33. The molecule has 5 nitrogen and oxygen atoms in total. The molecule has 160 valence electrons. The van der Waals surface area contributed by atoms with Crippen LogP contribution < -0.4 is 10.9 Å². The van der Waals surface area contributed by atoms with Crippen molar-refractivity contribution in [3.05, 3.63) is 81.2 Å². The van der Waals surface area contributed by atoms with Gasteiger partial charge < -0.3 is 14.5 Å². The van der Waals surface area contributed by atoms with E-state index in [9.17, 15) is 9.59 Å². The van der Waals surface area contributed by atoms with Gasteiger partial charge in [0, 0.05) is 47.6 Å². The van der Waals surface area contributed by atoms with E-state index in [0.717, 1.165) is 16.5 Å². The van der Waals surface area contributed by atoms with Crippen LogP contribution in [0.25, 0.3) is 21.8 Å². The van der Waals surface area contributed by atoms with E-state index in [-0.39, 0.29) is 17.4 Å². The lowest BCUT2D eigenvalue weighted by molar-refractivity contribution is 0.0955. The van der Waals surface area contributed by atoms with E-state index in [2.05, 4.69) is 19.2 Å². The quantitative estimate of drug-likeness (QED) is 0.474. The number of carbonyl (C=O) groups is 1. The average Bonchev–Trinajstić information content (AvgIpc) is 3.04. The van der Waals surface area contributed by atoms with E-state index in [4.69, 9.17) is 11.6 Å². The molecule has 4 aromatic rings. The second-order valence-corrected chi connectivity index (χ2v) is 8.76. The number of fused-ring (bicyclic) bond motifs is 3. The van der Waals surface area contributed by atoms with Crippen LogP contribution in [0.1, 0.15) is 29.8 Å². The van der Waals surface area contributed by atoms with Gasteiger partial charge in [0.25, 0.3) is 11.5 Å². The molecule has 6 heteroatoms. The SMILES string of the molecule is CC(C)Cn1cc(C(=O)NCCc2ccc(Cl)cc2)c2c3ccccc3n(C)c2c1=O. The molecule has 2 aromatic heterocycles. The van der Waals surface area contributed by atoms with Crippen LogP contribution in [0.5, 0.6) is 0 Å². The Kier molecular flexibility index (Phi) is 5.88. The van der Waals surface area contributed by atoms with Gasteiger partial charge in [-0.3, -0.25) is 9.59 Å². The van der Waals surface area contributed by atoms with Crippen LogP contribution in [0.3, 0.4) is 0 Å². The van der Waals surface area contributed by atoms with Crippen LogP contribution in [0.2, 0.25) is 5.02 Å². The summed E-state index contributed by atoms with van der Waals surface area (Å²) >= 11 is 5.95. The molecular weight excluding hydrogens is 410 g/mol. The first-order valence-electron chi connectivity index (χ1n) is 10.5. The summed E-state index contributed by atoms with van der Waals surface area (Å²) in [5.41, 5.74) is 3.06. The zero-order valence-corrected chi connectivity index (χ0v) is 18.7. The van der Waals surface area contributed by atoms with Crippen molar-refractivity contribution in [2.75, 3.05) is 6.54 Å². The van der Waals surface area contributed by atoms with Gasteiger partial charge in [-0.1, -0.05) is 55.8 Å². The Hall–Kier alpha value is -3.05. The minimum Gasteiger partial charge on any atom is -0.352 e. The number of carbonyl (C=O) groups excluding carboxylic acids is 1. The summed E-state index contributed by atoms with van der Waals surface area (Å²) in [5, 5.41) is 5.35. The van der Waals surface area contributed by atoms with Crippen molar-refractivity contribution in [2.45, 2.75) is 26.8 Å². The third kappa shape index (κ3) is 4.10. The molecule has 0 aliphatic rings. The van der Waals surface area contributed by atoms with Crippen LogP contribution in [-0.4, -0.2) is 21.6 Å². The first-order valence-corrected chi connectivity index (χ1v) is 10.9. The van der Waals surface area contributed by atoms with Gasteiger partial charge in [0.1, 0.15) is 5.52 Å². The van der Waals surface area contributed by atoms with Crippen molar-refractivity contribution < 1.29 is 4.79 Å². The van der Waals surface area contributed by atoms with Gasteiger partial charge in [-0.2, -0.15) is 0 Å². The fourth-order valence-corrected chi connectivity index (χ4v) is 4.23. The Morgan fingerprint density at radius 3 is 2.52 bits per heavy atom. The molecule has 0 bridgehead atoms. The highest BCUT2D eigenvalue weighted by atomic mass is 35.5. The second kappa shape index (κ2) is 8.60. The number of nitrogens with one attached hydrogen (secondary N) is 1. The summed E-state index contributed by atoms with van der Waals surface area (Å²) in [4.78, 5) is 26.5. The van der Waals surface area contributed by atoms with Gasteiger partial charge in [0.05, 0.1) is 5.56 Å². The number of pyridine rings is 1. The first-order chi connectivity index (χ1) is 14.9. The fraction of sp³-hybridized carbons (Fsp3) is 0.280. The molecule has 0 atom stereocenters. The molecule has 0 fully saturated rings. The molecule has 0 aliphatic carbocycles. The zero-order chi connectivity index (χ0) is 22.1. The molecular formula is C25H26ClN3O2. The van der Waals surface area contributed by atoms with Crippen LogP contribution in [0.15, 0.2) is 59.5 Å². The Balaban J connectivity index is 1.75. The largest absolute Gasteiger partial charge is 0.352 e. The number of rotatable bonds is 6. The van der Waals surface area contributed by atoms with Crippen molar-refractivity contribution in [2.24, 2.45) is 13.0 Å². The van der Waals surface area contributed by atoms with Crippen molar-refractivity contribution in [3.8, 4) is 0 Å². The number of hydrogen-bond acceptors (Lipinski definition) is 2. The van der Waals surface area contributed by atoms with Crippen molar-refractivity contribution in [1.29, 1.82) is 0 Å². The summed E-state index contributed by atoms with van der Waals surface area (Å²) in [6.45, 7) is 5.17. The lowest BCUT2D eigenvalue weighted by atomic mass is 10.1. The van der Waals surface area contributed by atoms with E-state index in [1.165, 1.54) is 0 Å². The van der Waals surface area contributed by atoms with Gasteiger partial charge in [-0.05, 0) is 36.1 Å². The fourth-order valence-electron chi connectivity index (χ4n) is 4.10. The lowest BCUT2D eigenvalue weighted by Gasteiger charge is -2.13. The van der Waals surface area contributed by atoms with Gasteiger partial charge in [-0.15, -0.1) is 0 Å². The minimum atomic E-state index is -0.173. The van der Waals surface area contributed by atoms with Crippen LogP contribution in [-0.2, 0) is 20.0 Å². The number of amides is 1. The molecule has 0 unspecified atom stereocenters. The molecule has 0 aliphatic heterocycles. The first kappa shape index (κ1) is 21.2. The number of halogens is 1. The van der Waals surface area contributed by atoms with Crippen molar-refractivity contribution in [3.63, 3.8) is 0 Å². The third-order valence-corrected chi connectivity index (χ3v) is 5.80. The van der Waals surface area contributed by atoms with Crippen LogP contribution in [0, 0.1) is 5.92 Å². The van der Waals surface area contributed by atoms with Crippen LogP contribution >= 0.6 is 11.6 Å². The number of para-hydroxylation sites is 1. The number of aryl methyl sites for hydroxylation is 1. The van der Waals surface area contributed by atoms with E-state index in [0.29, 0.717) is 41.0 Å². The van der Waals surface area contributed by atoms with Gasteiger partial charge >= 0.3 is 0 Å². The molecule has 2 heterocycles. The van der Waals surface area contributed by atoms with Gasteiger partial charge in [0.2, 0.25) is 0 Å². The third-order valence-electron chi connectivity index (χ3n) is 5.54. The summed E-state index contributed by atoms with van der Waals surface area (Å²) in [6, 6.07) is 15.4. The number of benzene rings is 2. The maximum atomic E-state index is 13.3. The Morgan fingerprint density at radius 2 is 1.81 bits per heavy atom. The molecule has 31 heavy (non-hydrogen) atoms. The number of hydrogen-bond donors (Lipinski definition) is 1. The Bertz CT molecular complexity index is 1320. The highest BCUT2D eigenvalue weighted by Gasteiger charge is 2.21. The monoisotopic (exact) mass is 435 g/mol. The van der Waals surface area contributed by atoms with Gasteiger partial charge in [-0.25, -0.2) is 0 Å². The molecule has 0 radical (unpaired) electrons. The standard InChI is InChI=1S/C25H26ClN3O2/c1-16(2)14-29-15-20(24(30)27-13-12-17-8-10-18(26)11-9-17)22-19-6-4-5-7-21(19)28(3)23(22)25(29)31/h4-11,15-16H,12-14H2,1-3H3,(H,27,30). The highest BCUT2D eigenvalue weighted by molar-refractivity contribution is 6.30. The zero-order valence-electron chi connectivity index (χ0n) is 18.0. The summed E-state index contributed by atoms with van der Waals surface area (Å²) < 4.78 is 3.56. The number of nitrogens with zero attached hydrogens (tertiary/aromatic N) is 2. The molecule has 0 spiro atoms. The molecule has 0 saturated heterocycles.